The number of halogens is 1. The van der Waals surface area contributed by atoms with E-state index in [0.29, 0.717) is 5.75 Å². The van der Waals surface area contributed by atoms with Crippen LogP contribution in [-0.4, -0.2) is 25.7 Å². The molecule has 0 radical (unpaired) electrons. The average molecular weight is 230 g/mol. The number of para-hydroxylation sites is 1. The molecule has 0 saturated carbocycles. The van der Waals surface area contributed by atoms with Gasteiger partial charge in [0.2, 0.25) is 0 Å². The van der Waals surface area contributed by atoms with Crippen molar-refractivity contribution in [3.63, 3.8) is 0 Å². The zero-order valence-electron chi connectivity index (χ0n) is 7.69. The summed E-state index contributed by atoms with van der Waals surface area (Å²) in [6.07, 6.45) is 0. The zero-order valence-corrected chi connectivity index (χ0v) is 8.51. The summed E-state index contributed by atoms with van der Waals surface area (Å²) in [5.41, 5.74) is 0.288. The molecule has 80 valence electrons. The van der Waals surface area contributed by atoms with Crippen molar-refractivity contribution in [1.29, 1.82) is 0 Å². The summed E-state index contributed by atoms with van der Waals surface area (Å²) in [4.78, 5) is 0. The van der Waals surface area contributed by atoms with Crippen LogP contribution in [0.2, 0.25) is 0 Å². The highest BCUT2D eigenvalue weighted by Crippen LogP contribution is 2.28. The molecular formula is C8H7FN2O3S. The van der Waals surface area contributed by atoms with Crippen LogP contribution in [0.1, 0.15) is 0 Å². The van der Waals surface area contributed by atoms with E-state index in [-0.39, 0.29) is 10.9 Å². The second-order valence-electron chi connectivity index (χ2n) is 2.85. The molecule has 0 spiro atoms. The van der Waals surface area contributed by atoms with Gasteiger partial charge in [-0.05, 0) is 12.1 Å². The molecule has 1 heterocycles. The average Bonchev–Trinajstić information content (AvgIpc) is 2.59. The summed E-state index contributed by atoms with van der Waals surface area (Å²) in [7, 11) is -3.36. The largest absolute Gasteiger partial charge is 0.494 e. The maximum absolute atomic E-state index is 12.8. The number of ether oxygens (including phenoxy) is 1. The maximum Gasteiger partial charge on any atom is 0.349 e. The summed E-state index contributed by atoms with van der Waals surface area (Å²) in [6.45, 7) is 0. The van der Waals surface area contributed by atoms with Crippen LogP contribution in [0.25, 0.3) is 10.9 Å². The SMILES string of the molecule is COc1cccc2c(S(=O)(=O)F)[nH]nc12. The second-order valence-corrected chi connectivity index (χ2v) is 4.13. The van der Waals surface area contributed by atoms with Gasteiger partial charge in [0.05, 0.1) is 7.11 Å². The van der Waals surface area contributed by atoms with Crippen molar-refractivity contribution in [2.24, 2.45) is 0 Å². The number of methoxy groups -OCH3 is 1. The normalized spacial score (nSPS) is 11.9. The lowest BCUT2D eigenvalue weighted by Gasteiger charge is -1.98. The van der Waals surface area contributed by atoms with Crippen LogP contribution in [0.4, 0.5) is 3.89 Å². The molecule has 1 aromatic carbocycles. The Morgan fingerprint density at radius 3 is 2.80 bits per heavy atom. The zero-order chi connectivity index (χ0) is 11.1. The van der Waals surface area contributed by atoms with Gasteiger partial charge >= 0.3 is 10.2 Å². The number of hydrogen-bond donors (Lipinski definition) is 1. The van der Waals surface area contributed by atoms with Gasteiger partial charge in [-0.25, -0.2) is 0 Å². The molecule has 0 saturated heterocycles. The number of nitrogens with zero attached hydrogens (tertiary/aromatic N) is 1. The number of aromatic nitrogens is 2. The van der Waals surface area contributed by atoms with E-state index in [2.05, 4.69) is 10.2 Å². The molecule has 2 aromatic rings. The first kappa shape index (κ1) is 9.91. The predicted octanol–water partition coefficient (Wildman–Crippen LogP) is 1.23. The minimum absolute atomic E-state index is 0.178. The first-order chi connectivity index (χ1) is 7.04. The third-order valence-electron chi connectivity index (χ3n) is 1.98. The van der Waals surface area contributed by atoms with Crippen molar-refractivity contribution in [1.82, 2.24) is 10.2 Å². The van der Waals surface area contributed by atoms with Gasteiger partial charge < -0.3 is 4.74 Å². The molecule has 7 heteroatoms. The van der Waals surface area contributed by atoms with Crippen LogP contribution in [0, 0.1) is 0 Å². The van der Waals surface area contributed by atoms with Crippen LogP contribution in [0.3, 0.4) is 0 Å². The molecule has 0 fully saturated rings. The van der Waals surface area contributed by atoms with E-state index in [1.807, 2.05) is 0 Å². The van der Waals surface area contributed by atoms with Crippen LogP contribution < -0.4 is 4.74 Å². The maximum atomic E-state index is 12.8. The lowest BCUT2D eigenvalue weighted by Crippen LogP contribution is -1.92. The van der Waals surface area contributed by atoms with Crippen LogP contribution in [0.5, 0.6) is 5.75 Å². The lowest BCUT2D eigenvalue weighted by atomic mass is 10.2. The Balaban J connectivity index is 2.83. The number of H-pyrrole nitrogens is 1. The Bertz CT molecular complexity index is 605. The summed E-state index contributed by atoms with van der Waals surface area (Å²) >= 11 is 0. The fourth-order valence-corrected chi connectivity index (χ4v) is 1.92. The first-order valence-corrected chi connectivity index (χ1v) is 5.38. The van der Waals surface area contributed by atoms with Crippen molar-refractivity contribution in [2.75, 3.05) is 7.11 Å². The van der Waals surface area contributed by atoms with Crippen LogP contribution in [0.15, 0.2) is 23.2 Å². The summed E-state index contributed by atoms with van der Waals surface area (Å²) in [5.74, 6) is 0.388. The molecule has 5 nitrogen and oxygen atoms in total. The highest BCUT2D eigenvalue weighted by molar-refractivity contribution is 7.86. The molecule has 0 bridgehead atoms. The highest BCUT2D eigenvalue weighted by Gasteiger charge is 2.20. The summed E-state index contributed by atoms with van der Waals surface area (Å²) in [6, 6.07) is 4.62. The van der Waals surface area contributed by atoms with E-state index in [1.165, 1.54) is 13.2 Å². The van der Waals surface area contributed by atoms with Gasteiger partial charge in [0.1, 0.15) is 11.3 Å². The molecule has 1 aromatic heterocycles. The molecule has 0 aliphatic carbocycles. The predicted molar refractivity (Wildman–Crippen MR) is 50.9 cm³/mol. The lowest BCUT2D eigenvalue weighted by molar-refractivity contribution is 0.419. The van der Waals surface area contributed by atoms with Gasteiger partial charge in [0.25, 0.3) is 0 Å². The number of nitrogens with one attached hydrogen (secondary N) is 1. The van der Waals surface area contributed by atoms with Gasteiger partial charge in [-0.15, -0.1) is 0 Å². The number of rotatable bonds is 2. The van der Waals surface area contributed by atoms with Crippen molar-refractivity contribution < 1.29 is 17.0 Å². The minimum Gasteiger partial charge on any atom is -0.494 e. The second kappa shape index (κ2) is 3.20. The van der Waals surface area contributed by atoms with Gasteiger partial charge in [-0.3, -0.25) is 5.10 Å². The van der Waals surface area contributed by atoms with Gasteiger partial charge in [-0.2, -0.15) is 13.5 Å². The number of benzene rings is 1. The molecule has 0 atom stereocenters. The molecule has 0 aliphatic heterocycles. The third kappa shape index (κ3) is 1.54. The van der Waals surface area contributed by atoms with E-state index in [1.54, 1.807) is 12.1 Å². The van der Waals surface area contributed by atoms with Gasteiger partial charge in [0, 0.05) is 5.39 Å². The Morgan fingerprint density at radius 2 is 2.20 bits per heavy atom. The Hall–Kier alpha value is -1.63. The molecule has 0 aliphatic rings. The highest BCUT2D eigenvalue weighted by atomic mass is 32.3. The molecule has 15 heavy (non-hydrogen) atoms. The molecular weight excluding hydrogens is 223 g/mol. The Kier molecular flexibility index (Phi) is 2.11. The van der Waals surface area contributed by atoms with Crippen LogP contribution >= 0.6 is 0 Å². The smallest absolute Gasteiger partial charge is 0.349 e. The third-order valence-corrected chi connectivity index (χ3v) is 2.78. The molecule has 0 amide bonds. The number of fused-ring (bicyclic) bond motifs is 1. The van der Waals surface area contributed by atoms with E-state index < -0.39 is 15.2 Å². The summed E-state index contributed by atoms with van der Waals surface area (Å²) in [5, 5.41) is 5.45. The van der Waals surface area contributed by atoms with Crippen molar-refractivity contribution >= 4 is 21.1 Å². The number of hydrogen-bond acceptors (Lipinski definition) is 4. The Labute approximate surface area is 85.1 Å². The van der Waals surface area contributed by atoms with E-state index in [0.717, 1.165) is 0 Å². The first-order valence-electron chi connectivity index (χ1n) is 4.00. The molecule has 1 N–H and O–H groups in total. The fraction of sp³-hybridized carbons (Fsp3) is 0.125. The molecule has 2 rings (SSSR count). The summed E-state index contributed by atoms with van der Waals surface area (Å²) < 4.78 is 39.2. The van der Waals surface area contributed by atoms with E-state index in [4.69, 9.17) is 4.74 Å². The van der Waals surface area contributed by atoms with Gasteiger partial charge in [0.15, 0.2) is 5.03 Å². The van der Waals surface area contributed by atoms with Crippen molar-refractivity contribution in [2.45, 2.75) is 5.03 Å². The Morgan fingerprint density at radius 1 is 1.47 bits per heavy atom. The fourth-order valence-electron chi connectivity index (χ4n) is 1.34. The minimum atomic E-state index is -4.78. The van der Waals surface area contributed by atoms with Crippen molar-refractivity contribution in [3.05, 3.63) is 18.2 Å². The van der Waals surface area contributed by atoms with E-state index >= 15 is 0 Å². The number of aromatic amines is 1. The van der Waals surface area contributed by atoms with Gasteiger partial charge in [-0.1, -0.05) is 9.95 Å². The van der Waals surface area contributed by atoms with E-state index in [9.17, 15) is 12.3 Å². The van der Waals surface area contributed by atoms with Crippen LogP contribution in [-0.2, 0) is 10.2 Å². The topological polar surface area (TPSA) is 72.1 Å². The monoisotopic (exact) mass is 230 g/mol. The van der Waals surface area contributed by atoms with Crippen molar-refractivity contribution in [3.8, 4) is 5.75 Å². The molecule has 0 unspecified atom stereocenters. The quantitative estimate of drug-likeness (QED) is 0.787. The standard InChI is InChI=1S/C8H7FN2O3S/c1-14-6-4-2-3-5-7(6)10-11-8(5)15(9,12)13/h2-4H,1H3,(H,10,11).